The van der Waals surface area contributed by atoms with Crippen molar-refractivity contribution in [3.05, 3.63) is 63.8 Å². The van der Waals surface area contributed by atoms with Gasteiger partial charge < -0.3 is 14.6 Å². The Kier molecular flexibility index (Phi) is 4.40. The number of fused-ring (bicyclic) bond motifs is 2. The van der Waals surface area contributed by atoms with Crippen LogP contribution < -0.4 is 4.74 Å². The first-order valence-corrected chi connectivity index (χ1v) is 10.6. The number of ketones is 1. The number of benzene rings is 2. The second kappa shape index (κ2) is 6.88. The van der Waals surface area contributed by atoms with Crippen LogP contribution in [0.15, 0.2) is 36.4 Å². The zero-order valence-electron chi connectivity index (χ0n) is 17.0. The van der Waals surface area contributed by atoms with E-state index in [9.17, 15) is 9.59 Å². The van der Waals surface area contributed by atoms with E-state index in [1.165, 1.54) is 5.56 Å². The number of nitrogens with one attached hydrogen (secondary N) is 1. The average Bonchev–Trinajstić information content (AvgIpc) is 3.02. The number of halogens is 1. The van der Waals surface area contributed by atoms with Crippen molar-refractivity contribution < 1.29 is 14.3 Å². The van der Waals surface area contributed by atoms with Gasteiger partial charge in [-0.05, 0) is 55.8 Å². The van der Waals surface area contributed by atoms with Gasteiger partial charge in [0.05, 0.1) is 12.0 Å². The molecule has 1 fully saturated rings. The van der Waals surface area contributed by atoms with Crippen molar-refractivity contribution in [1.82, 2.24) is 9.88 Å². The molecule has 1 spiro atoms. The monoisotopic (exact) mass is 422 g/mol. The third-order valence-electron chi connectivity index (χ3n) is 6.57. The number of Topliss-reactive ketones (excluding diaryl/α,β-unsaturated/α-hetero) is 1. The number of ether oxygens (including phenoxy) is 1. The van der Waals surface area contributed by atoms with E-state index in [0.717, 1.165) is 16.6 Å². The molecule has 0 saturated carbocycles. The van der Waals surface area contributed by atoms with E-state index < -0.39 is 5.60 Å². The molecular formula is C24H23ClN2O3. The number of aromatic amines is 1. The highest BCUT2D eigenvalue weighted by Crippen LogP contribution is 2.40. The molecular weight excluding hydrogens is 400 g/mol. The lowest BCUT2D eigenvalue weighted by Gasteiger charge is -2.44. The van der Waals surface area contributed by atoms with Gasteiger partial charge in [0.2, 0.25) is 0 Å². The first-order valence-electron chi connectivity index (χ1n) is 10.3. The summed E-state index contributed by atoms with van der Waals surface area (Å²) < 4.78 is 6.27. The molecule has 0 atom stereocenters. The average molecular weight is 423 g/mol. The van der Waals surface area contributed by atoms with E-state index in [1.807, 2.05) is 30.0 Å². The van der Waals surface area contributed by atoms with Crippen molar-refractivity contribution in [2.75, 3.05) is 13.1 Å². The van der Waals surface area contributed by atoms with Crippen molar-refractivity contribution >= 4 is 34.2 Å². The van der Waals surface area contributed by atoms with Gasteiger partial charge in [0, 0.05) is 53.1 Å². The Labute approximate surface area is 180 Å². The lowest BCUT2D eigenvalue weighted by molar-refractivity contribution is -0.00570. The SMILES string of the molecule is Cc1[nH]c2ccc(C(=O)N3CCC4(CC3)CC(=O)c3cc(Cl)ccc3O4)cc2c1C. The number of hydrogen-bond acceptors (Lipinski definition) is 3. The molecule has 1 saturated heterocycles. The van der Waals surface area contributed by atoms with Gasteiger partial charge in [-0.15, -0.1) is 0 Å². The summed E-state index contributed by atoms with van der Waals surface area (Å²) >= 11 is 6.02. The fraction of sp³-hybridized carbons (Fsp3) is 0.333. The lowest BCUT2D eigenvalue weighted by Crippen LogP contribution is -2.52. The van der Waals surface area contributed by atoms with Crippen molar-refractivity contribution in [3.63, 3.8) is 0 Å². The number of rotatable bonds is 1. The lowest BCUT2D eigenvalue weighted by atomic mass is 9.82. The number of nitrogens with zero attached hydrogens (tertiary/aromatic N) is 1. The van der Waals surface area contributed by atoms with Gasteiger partial charge in [0.25, 0.3) is 5.91 Å². The van der Waals surface area contributed by atoms with Gasteiger partial charge in [0.15, 0.2) is 5.78 Å². The number of carbonyl (C=O) groups excluding carboxylic acids is 2. The van der Waals surface area contributed by atoms with Crippen LogP contribution in [-0.4, -0.2) is 40.3 Å². The molecule has 2 aliphatic heterocycles. The number of hydrogen-bond donors (Lipinski definition) is 1. The predicted molar refractivity (Wildman–Crippen MR) is 117 cm³/mol. The molecule has 0 aliphatic carbocycles. The van der Waals surface area contributed by atoms with Crippen molar-refractivity contribution in [2.24, 2.45) is 0 Å². The molecule has 2 aliphatic rings. The number of aryl methyl sites for hydroxylation is 2. The molecule has 6 heteroatoms. The molecule has 3 aromatic rings. The third-order valence-corrected chi connectivity index (χ3v) is 6.80. The molecule has 1 aromatic heterocycles. The zero-order chi connectivity index (χ0) is 21.0. The number of carbonyl (C=O) groups is 2. The van der Waals surface area contributed by atoms with Crippen molar-refractivity contribution in [2.45, 2.75) is 38.7 Å². The Morgan fingerprint density at radius 1 is 1.13 bits per heavy atom. The van der Waals surface area contributed by atoms with E-state index in [-0.39, 0.29) is 11.7 Å². The summed E-state index contributed by atoms with van der Waals surface area (Å²) in [4.78, 5) is 31.0. The first kappa shape index (κ1) is 19.2. The molecule has 30 heavy (non-hydrogen) atoms. The van der Waals surface area contributed by atoms with Crippen LogP contribution in [0.5, 0.6) is 5.75 Å². The second-order valence-corrected chi connectivity index (χ2v) is 8.89. The van der Waals surface area contributed by atoms with Gasteiger partial charge in [0.1, 0.15) is 11.4 Å². The van der Waals surface area contributed by atoms with Gasteiger partial charge in [-0.25, -0.2) is 0 Å². The third kappa shape index (κ3) is 3.08. The molecule has 0 unspecified atom stereocenters. The number of aromatic nitrogens is 1. The smallest absolute Gasteiger partial charge is 0.253 e. The molecule has 3 heterocycles. The van der Waals surface area contributed by atoms with Crippen molar-refractivity contribution in [1.29, 1.82) is 0 Å². The number of H-pyrrole nitrogens is 1. The van der Waals surface area contributed by atoms with Crippen LogP contribution >= 0.6 is 11.6 Å². The molecule has 5 nitrogen and oxygen atoms in total. The van der Waals surface area contributed by atoms with Crippen LogP contribution in [-0.2, 0) is 0 Å². The Morgan fingerprint density at radius 2 is 1.90 bits per heavy atom. The van der Waals surface area contributed by atoms with Gasteiger partial charge in [-0.3, -0.25) is 9.59 Å². The molecule has 1 N–H and O–H groups in total. The maximum absolute atomic E-state index is 13.1. The van der Waals surface area contributed by atoms with E-state index in [1.54, 1.807) is 18.2 Å². The first-order chi connectivity index (χ1) is 14.3. The van der Waals surface area contributed by atoms with Gasteiger partial charge >= 0.3 is 0 Å². The Bertz CT molecular complexity index is 1190. The predicted octanol–water partition coefficient (Wildman–Crippen LogP) is 5.08. The van der Waals surface area contributed by atoms with Crippen LogP contribution in [0, 0.1) is 13.8 Å². The summed E-state index contributed by atoms with van der Waals surface area (Å²) in [5.41, 5.74) is 4.05. The molecule has 0 radical (unpaired) electrons. The van der Waals surface area contributed by atoms with Crippen LogP contribution in [0.2, 0.25) is 5.02 Å². The fourth-order valence-electron chi connectivity index (χ4n) is 4.64. The van der Waals surface area contributed by atoms with Gasteiger partial charge in [-0.2, -0.15) is 0 Å². The van der Waals surface area contributed by atoms with E-state index in [0.29, 0.717) is 54.3 Å². The second-order valence-electron chi connectivity index (χ2n) is 8.45. The Hall–Kier alpha value is -2.79. The molecule has 0 bridgehead atoms. The standard InChI is InChI=1S/C24H23ClN2O3/c1-14-15(2)26-20-5-3-16(11-18(14)20)23(29)27-9-7-24(8-10-27)13-21(28)19-12-17(25)4-6-22(19)30-24/h3-6,11-12,26H,7-10,13H2,1-2H3. The van der Waals surface area contributed by atoms with E-state index >= 15 is 0 Å². The van der Waals surface area contributed by atoms with Crippen molar-refractivity contribution in [3.8, 4) is 5.75 Å². The fourth-order valence-corrected chi connectivity index (χ4v) is 4.81. The van der Waals surface area contributed by atoms with E-state index in [2.05, 4.69) is 11.9 Å². The largest absolute Gasteiger partial charge is 0.486 e. The highest BCUT2D eigenvalue weighted by atomic mass is 35.5. The molecule has 5 rings (SSSR count). The summed E-state index contributed by atoms with van der Waals surface area (Å²) in [5, 5.41) is 1.62. The number of piperidine rings is 1. The van der Waals surface area contributed by atoms with Crippen LogP contribution in [0.3, 0.4) is 0 Å². The molecule has 1 amide bonds. The topological polar surface area (TPSA) is 62.4 Å². The summed E-state index contributed by atoms with van der Waals surface area (Å²) in [6.45, 7) is 5.24. The Balaban J connectivity index is 1.33. The summed E-state index contributed by atoms with van der Waals surface area (Å²) in [7, 11) is 0. The minimum absolute atomic E-state index is 0.0271. The van der Waals surface area contributed by atoms with Crippen LogP contribution in [0.25, 0.3) is 10.9 Å². The molecule has 2 aromatic carbocycles. The summed E-state index contributed by atoms with van der Waals surface area (Å²) in [5.74, 6) is 0.681. The van der Waals surface area contributed by atoms with Crippen LogP contribution in [0.1, 0.15) is 51.2 Å². The number of likely N-dealkylation sites (tertiary alicyclic amines) is 1. The Morgan fingerprint density at radius 3 is 2.67 bits per heavy atom. The summed E-state index contributed by atoms with van der Waals surface area (Å²) in [6.07, 6.45) is 1.60. The molecule has 154 valence electrons. The maximum atomic E-state index is 13.1. The van der Waals surface area contributed by atoms with E-state index in [4.69, 9.17) is 16.3 Å². The highest BCUT2D eigenvalue weighted by molar-refractivity contribution is 6.31. The minimum Gasteiger partial charge on any atom is -0.486 e. The zero-order valence-corrected chi connectivity index (χ0v) is 17.8. The maximum Gasteiger partial charge on any atom is 0.253 e. The number of amides is 1. The minimum atomic E-state index is -0.535. The van der Waals surface area contributed by atoms with Crippen LogP contribution in [0.4, 0.5) is 0 Å². The van der Waals surface area contributed by atoms with Gasteiger partial charge in [-0.1, -0.05) is 11.6 Å². The highest BCUT2D eigenvalue weighted by Gasteiger charge is 2.43. The summed E-state index contributed by atoms with van der Waals surface area (Å²) in [6, 6.07) is 11.0. The quantitative estimate of drug-likeness (QED) is 0.595. The normalized spacial score (nSPS) is 17.8.